The molecule has 0 bridgehead atoms. The number of amides is 4. The van der Waals surface area contributed by atoms with Crippen LogP contribution in [0.15, 0.2) is 0 Å². The van der Waals surface area contributed by atoms with Crippen LogP contribution in [-0.2, 0) is 9.59 Å². The first-order chi connectivity index (χ1) is 9.07. The van der Waals surface area contributed by atoms with Crippen molar-refractivity contribution in [3.8, 4) is 0 Å². The molecule has 0 radical (unpaired) electrons. The van der Waals surface area contributed by atoms with E-state index in [2.05, 4.69) is 24.5 Å². The molecular weight excluding hydrogens is 267 g/mol. The SMILES string of the molecule is CCCC1CCC(CCC)C12C(=O)NC(=O)NC2=O.[Na+]. The molecule has 1 saturated carbocycles. The van der Waals surface area contributed by atoms with Crippen molar-refractivity contribution in [1.29, 1.82) is 0 Å². The number of carbonyl (C=O) groups is 3. The minimum Gasteiger partial charge on any atom is -0.277 e. The molecule has 0 aromatic rings. The Labute approximate surface area is 141 Å². The average Bonchev–Trinajstić information content (AvgIpc) is 2.68. The molecule has 1 aliphatic heterocycles. The topological polar surface area (TPSA) is 75.3 Å². The number of hydrogen-bond donors (Lipinski definition) is 2. The van der Waals surface area contributed by atoms with E-state index >= 15 is 0 Å². The van der Waals surface area contributed by atoms with Gasteiger partial charge in [-0.25, -0.2) is 4.79 Å². The number of rotatable bonds is 4. The number of urea groups is 1. The van der Waals surface area contributed by atoms with E-state index in [9.17, 15) is 14.4 Å². The summed E-state index contributed by atoms with van der Waals surface area (Å²) in [5.41, 5.74) is -1.01. The minimum absolute atomic E-state index is 0. The van der Waals surface area contributed by atoms with E-state index in [1.165, 1.54) is 0 Å². The third-order valence-electron chi connectivity index (χ3n) is 4.63. The van der Waals surface area contributed by atoms with Crippen molar-refractivity contribution in [3.05, 3.63) is 0 Å². The maximum absolute atomic E-state index is 12.4. The van der Waals surface area contributed by atoms with Gasteiger partial charge in [0, 0.05) is 0 Å². The van der Waals surface area contributed by atoms with Crippen molar-refractivity contribution in [2.45, 2.75) is 52.4 Å². The Kier molecular flexibility index (Phi) is 6.23. The zero-order chi connectivity index (χ0) is 14.0. The number of barbiturate groups is 1. The Bertz CT molecular complexity index is 375. The van der Waals surface area contributed by atoms with Crippen LogP contribution in [0, 0.1) is 17.3 Å². The van der Waals surface area contributed by atoms with Gasteiger partial charge in [-0.2, -0.15) is 0 Å². The summed E-state index contributed by atoms with van der Waals surface area (Å²) in [7, 11) is 0. The number of hydrogen-bond acceptors (Lipinski definition) is 3. The number of carbonyl (C=O) groups excluding carboxylic acids is 3. The van der Waals surface area contributed by atoms with Gasteiger partial charge in [-0.15, -0.1) is 0 Å². The molecule has 1 spiro atoms. The van der Waals surface area contributed by atoms with Crippen LogP contribution in [0.2, 0.25) is 0 Å². The van der Waals surface area contributed by atoms with Gasteiger partial charge in [-0.05, 0) is 37.5 Å². The second kappa shape index (κ2) is 7.05. The van der Waals surface area contributed by atoms with E-state index in [1.54, 1.807) is 0 Å². The second-order valence-corrected chi connectivity index (χ2v) is 5.65. The molecule has 2 atom stereocenters. The summed E-state index contributed by atoms with van der Waals surface area (Å²) in [5, 5.41) is 4.62. The second-order valence-electron chi connectivity index (χ2n) is 5.65. The molecule has 106 valence electrons. The van der Waals surface area contributed by atoms with E-state index in [-0.39, 0.29) is 53.2 Å². The van der Waals surface area contributed by atoms with Crippen molar-refractivity contribution in [1.82, 2.24) is 10.6 Å². The van der Waals surface area contributed by atoms with Crippen LogP contribution in [-0.4, -0.2) is 17.8 Å². The summed E-state index contributed by atoms with van der Waals surface area (Å²) >= 11 is 0. The molecule has 2 N–H and O–H groups in total. The third kappa shape index (κ3) is 2.68. The first kappa shape index (κ1) is 17.7. The molecule has 0 aromatic heterocycles. The number of nitrogens with one attached hydrogen (secondary N) is 2. The Morgan fingerprint density at radius 2 is 1.35 bits per heavy atom. The Morgan fingerprint density at radius 1 is 0.950 bits per heavy atom. The van der Waals surface area contributed by atoms with Gasteiger partial charge >= 0.3 is 35.6 Å². The maximum Gasteiger partial charge on any atom is 1.00 e. The zero-order valence-corrected chi connectivity index (χ0v) is 14.6. The van der Waals surface area contributed by atoms with E-state index in [4.69, 9.17) is 0 Å². The van der Waals surface area contributed by atoms with Crippen molar-refractivity contribution >= 4 is 17.8 Å². The largest absolute Gasteiger partial charge is 1.00 e. The first-order valence-corrected chi connectivity index (χ1v) is 7.24. The molecule has 2 fully saturated rings. The maximum atomic E-state index is 12.4. The van der Waals surface area contributed by atoms with Crippen LogP contribution in [0.25, 0.3) is 0 Å². The summed E-state index contributed by atoms with van der Waals surface area (Å²) < 4.78 is 0. The summed E-state index contributed by atoms with van der Waals surface area (Å²) in [6.07, 6.45) is 5.39. The summed E-state index contributed by atoms with van der Waals surface area (Å²) in [5.74, 6) is -0.643. The monoisotopic (exact) mass is 289 g/mol. The van der Waals surface area contributed by atoms with E-state index < -0.39 is 11.4 Å². The van der Waals surface area contributed by atoms with Crippen LogP contribution in [0.1, 0.15) is 52.4 Å². The predicted molar refractivity (Wildman–Crippen MR) is 70.1 cm³/mol. The minimum atomic E-state index is -1.01. The van der Waals surface area contributed by atoms with Crippen LogP contribution in [0.5, 0.6) is 0 Å². The zero-order valence-electron chi connectivity index (χ0n) is 12.6. The fourth-order valence-corrected chi connectivity index (χ4v) is 3.92. The van der Waals surface area contributed by atoms with Crippen LogP contribution >= 0.6 is 0 Å². The van der Waals surface area contributed by atoms with Gasteiger partial charge in [-0.3, -0.25) is 20.2 Å². The first-order valence-electron chi connectivity index (χ1n) is 7.24. The van der Waals surface area contributed by atoms with Crippen molar-refractivity contribution < 1.29 is 43.9 Å². The quantitative estimate of drug-likeness (QED) is 0.513. The predicted octanol–water partition coefficient (Wildman–Crippen LogP) is -1.03. The van der Waals surface area contributed by atoms with Gasteiger partial charge in [-0.1, -0.05) is 26.7 Å². The molecule has 2 rings (SSSR count). The van der Waals surface area contributed by atoms with Gasteiger partial charge in [0.05, 0.1) is 0 Å². The molecular formula is C14H22N2NaO3+. The smallest absolute Gasteiger partial charge is 0.277 e. The Morgan fingerprint density at radius 3 is 1.70 bits per heavy atom. The van der Waals surface area contributed by atoms with Crippen LogP contribution in [0.4, 0.5) is 4.79 Å². The Hall–Kier alpha value is -0.390. The van der Waals surface area contributed by atoms with Gasteiger partial charge in [0.2, 0.25) is 11.8 Å². The molecule has 0 aromatic carbocycles. The van der Waals surface area contributed by atoms with E-state index in [1.807, 2.05) is 0 Å². The number of imide groups is 2. The van der Waals surface area contributed by atoms with Gasteiger partial charge in [0.15, 0.2) is 0 Å². The molecule has 6 heteroatoms. The molecule has 2 aliphatic rings. The molecule has 1 aliphatic carbocycles. The summed E-state index contributed by atoms with van der Waals surface area (Å²) in [6.45, 7) is 4.12. The third-order valence-corrected chi connectivity index (χ3v) is 4.63. The van der Waals surface area contributed by atoms with Gasteiger partial charge in [0.25, 0.3) is 0 Å². The standard InChI is InChI=1S/C14H22N2O3.Na/c1-3-5-9-7-8-10(6-4-2)14(9)11(17)15-13(19)16-12(14)18;/h9-10H,3-8H2,1-2H3,(H2,15,16,17,18,19);/q;+1. The van der Waals surface area contributed by atoms with Crippen molar-refractivity contribution in [3.63, 3.8) is 0 Å². The van der Waals surface area contributed by atoms with E-state index in [0.717, 1.165) is 38.5 Å². The van der Waals surface area contributed by atoms with Gasteiger partial charge in [0.1, 0.15) is 5.41 Å². The molecule has 1 saturated heterocycles. The van der Waals surface area contributed by atoms with E-state index in [0.29, 0.717) is 0 Å². The molecule has 20 heavy (non-hydrogen) atoms. The van der Waals surface area contributed by atoms with Gasteiger partial charge < -0.3 is 0 Å². The van der Waals surface area contributed by atoms with Crippen molar-refractivity contribution in [2.75, 3.05) is 0 Å². The molecule has 5 nitrogen and oxygen atoms in total. The van der Waals surface area contributed by atoms with Crippen molar-refractivity contribution in [2.24, 2.45) is 17.3 Å². The Balaban J connectivity index is 0.00000200. The molecule has 1 heterocycles. The molecule has 4 amide bonds. The molecule has 2 unspecified atom stereocenters. The fraction of sp³-hybridized carbons (Fsp3) is 0.786. The van der Waals surface area contributed by atoms with Crippen LogP contribution in [0.3, 0.4) is 0 Å². The summed E-state index contributed by atoms with van der Waals surface area (Å²) in [4.78, 5) is 36.1. The summed E-state index contributed by atoms with van der Waals surface area (Å²) in [6, 6.07) is -0.682. The normalized spacial score (nSPS) is 28.0. The average molecular weight is 289 g/mol. The fourth-order valence-electron chi connectivity index (χ4n) is 3.92. The van der Waals surface area contributed by atoms with Crippen LogP contribution < -0.4 is 40.2 Å².